The van der Waals surface area contributed by atoms with E-state index >= 15 is 0 Å². The van der Waals surface area contributed by atoms with Crippen molar-refractivity contribution in [2.75, 3.05) is 6.26 Å². The van der Waals surface area contributed by atoms with Crippen molar-refractivity contribution < 1.29 is 0 Å². The normalized spacial score (nSPS) is 11.5. The van der Waals surface area contributed by atoms with Gasteiger partial charge in [0.05, 0.1) is 0 Å². The monoisotopic (exact) mass is 356 g/mol. The first-order valence-electron chi connectivity index (χ1n) is 5.42. The molecule has 86 valence electrons. The summed E-state index contributed by atoms with van der Waals surface area (Å²) in [7, 11) is 0. The summed E-state index contributed by atoms with van der Waals surface area (Å²) in [5.41, 5.74) is 1.30. The fraction of sp³-hybridized carbons (Fsp3) is 0.0667. The molecule has 2 aromatic rings. The molecule has 2 aromatic carbocycles. The molecule has 0 atom stereocenters. The van der Waals surface area contributed by atoms with Crippen LogP contribution in [0.15, 0.2) is 63.6 Å². The molecular weight excluding hydrogens is 340 g/mol. The second kappa shape index (κ2) is 6.91. The molecule has 0 N–H and O–H groups in total. The first-order valence-corrected chi connectivity index (χ1v) is 8.97. The molecule has 0 fully saturated rings. The van der Waals surface area contributed by atoms with E-state index in [2.05, 4.69) is 73.0 Å². The van der Waals surface area contributed by atoms with E-state index in [1.807, 2.05) is 11.8 Å². The fourth-order valence-electron chi connectivity index (χ4n) is 1.42. The Labute approximate surface area is 117 Å². The molecule has 0 heterocycles. The summed E-state index contributed by atoms with van der Waals surface area (Å²) in [5.74, 6) is 0. The number of thioether (sulfide) groups is 1. The van der Waals surface area contributed by atoms with Crippen molar-refractivity contribution >= 4 is 42.4 Å². The van der Waals surface area contributed by atoms with Gasteiger partial charge in [-0.2, -0.15) is 0 Å². The summed E-state index contributed by atoms with van der Waals surface area (Å²) in [4.78, 5) is 0. The van der Waals surface area contributed by atoms with Crippen molar-refractivity contribution in [1.82, 2.24) is 0 Å². The SMILES string of the molecule is CS/C(=C\c1ccccc1)[Te]c1ccccc1. The van der Waals surface area contributed by atoms with E-state index in [1.54, 1.807) is 0 Å². The molecule has 0 radical (unpaired) electrons. The molecule has 0 saturated carbocycles. The summed E-state index contributed by atoms with van der Waals surface area (Å²) >= 11 is 1.65. The van der Waals surface area contributed by atoms with Gasteiger partial charge in [-0.25, -0.2) is 0 Å². The first kappa shape index (κ1) is 12.8. The second-order valence-electron chi connectivity index (χ2n) is 3.49. The van der Waals surface area contributed by atoms with Crippen molar-refractivity contribution in [3.63, 3.8) is 0 Å². The van der Waals surface area contributed by atoms with Gasteiger partial charge >= 0.3 is 118 Å². The Hall–Kier alpha value is -0.680. The van der Waals surface area contributed by atoms with Crippen molar-refractivity contribution in [2.45, 2.75) is 0 Å². The van der Waals surface area contributed by atoms with Crippen LogP contribution in [0.1, 0.15) is 5.56 Å². The molecule has 0 nitrogen and oxygen atoms in total. The maximum absolute atomic E-state index is 2.32. The van der Waals surface area contributed by atoms with Crippen LogP contribution in [0.25, 0.3) is 6.08 Å². The summed E-state index contributed by atoms with van der Waals surface area (Å²) < 4.78 is 3.02. The third kappa shape index (κ3) is 4.24. The van der Waals surface area contributed by atoms with Gasteiger partial charge in [-0.05, 0) is 0 Å². The summed E-state index contributed by atoms with van der Waals surface area (Å²) in [6.07, 6.45) is 4.49. The van der Waals surface area contributed by atoms with Crippen molar-refractivity contribution in [3.8, 4) is 0 Å². The fourth-order valence-corrected chi connectivity index (χ4v) is 5.17. The van der Waals surface area contributed by atoms with Crippen molar-refractivity contribution in [3.05, 3.63) is 69.2 Å². The predicted octanol–water partition coefficient (Wildman–Crippen LogP) is 3.38. The summed E-state index contributed by atoms with van der Waals surface area (Å²) in [6, 6.07) is 21.4. The van der Waals surface area contributed by atoms with Crippen LogP contribution < -0.4 is 3.61 Å². The van der Waals surface area contributed by atoms with E-state index in [0.29, 0.717) is 0 Å². The third-order valence-corrected chi connectivity index (χ3v) is 7.11. The van der Waals surface area contributed by atoms with Crippen LogP contribution in [-0.4, -0.2) is 27.2 Å². The van der Waals surface area contributed by atoms with Crippen LogP contribution in [0, 0.1) is 0 Å². The van der Waals surface area contributed by atoms with Gasteiger partial charge in [-0.3, -0.25) is 0 Å². The molecule has 0 bridgehead atoms. The van der Waals surface area contributed by atoms with Gasteiger partial charge in [0.2, 0.25) is 0 Å². The molecular formula is C15H14STe. The van der Waals surface area contributed by atoms with Crippen LogP contribution in [0.3, 0.4) is 0 Å². The summed E-state index contributed by atoms with van der Waals surface area (Å²) in [6.45, 7) is 0. The van der Waals surface area contributed by atoms with E-state index in [-0.39, 0.29) is 20.9 Å². The predicted molar refractivity (Wildman–Crippen MR) is 79.8 cm³/mol. The Balaban J connectivity index is 2.15. The average Bonchev–Trinajstić information content (AvgIpc) is 2.40. The Morgan fingerprint density at radius 1 is 0.941 bits per heavy atom. The van der Waals surface area contributed by atoms with Gasteiger partial charge in [-0.15, -0.1) is 0 Å². The Bertz CT molecular complexity index is 477. The number of hydrogen-bond acceptors (Lipinski definition) is 1. The zero-order valence-electron chi connectivity index (χ0n) is 9.67. The van der Waals surface area contributed by atoms with E-state index in [1.165, 1.54) is 12.1 Å². The first-order chi connectivity index (χ1) is 8.38. The van der Waals surface area contributed by atoms with E-state index in [0.717, 1.165) is 0 Å². The standard InChI is InChI=1S/C15H14STe/c1-16-15(12-13-8-4-2-5-9-13)17-14-10-6-3-7-11-14/h2-12H,1H3/b15-12+. The molecule has 2 rings (SSSR count). The number of rotatable bonds is 4. The molecule has 0 aromatic heterocycles. The van der Waals surface area contributed by atoms with Crippen LogP contribution >= 0.6 is 11.8 Å². The zero-order valence-corrected chi connectivity index (χ0v) is 12.8. The van der Waals surface area contributed by atoms with Crippen LogP contribution in [-0.2, 0) is 0 Å². The second-order valence-corrected chi connectivity index (χ2v) is 8.33. The van der Waals surface area contributed by atoms with Gasteiger partial charge < -0.3 is 0 Å². The van der Waals surface area contributed by atoms with Crippen LogP contribution in [0.4, 0.5) is 0 Å². The molecule has 0 saturated heterocycles. The van der Waals surface area contributed by atoms with Gasteiger partial charge in [0, 0.05) is 0 Å². The van der Waals surface area contributed by atoms with Gasteiger partial charge in [0.25, 0.3) is 0 Å². The number of hydrogen-bond donors (Lipinski definition) is 0. The quantitative estimate of drug-likeness (QED) is 0.759. The Kier molecular flexibility index (Phi) is 5.19. The minimum atomic E-state index is -0.232. The number of benzene rings is 2. The van der Waals surface area contributed by atoms with Crippen LogP contribution in [0.2, 0.25) is 0 Å². The molecule has 0 aliphatic heterocycles. The van der Waals surface area contributed by atoms with Crippen molar-refractivity contribution in [1.29, 1.82) is 0 Å². The molecule has 2 heteroatoms. The molecule has 0 spiro atoms. The molecule has 0 unspecified atom stereocenters. The third-order valence-electron chi connectivity index (χ3n) is 2.25. The molecule has 0 aliphatic rings. The van der Waals surface area contributed by atoms with Gasteiger partial charge in [-0.1, -0.05) is 0 Å². The molecule has 0 aliphatic carbocycles. The van der Waals surface area contributed by atoms with Crippen LogP contribution in [0.5, 0.6) is 0 Å². The average molecular weight is 354 g/mol. The van der Waals surface area contributed by atoms with E-state index < -0.39 is 0 Å². The van der Waals surface area contributed by atoms with Gasteiger partial charge in [0.1, 0.15) is 0 Å². The van der Waals surface area contributed by atoms with E-state index in [9.17, 15) is 0 Å². The maximum atomic E-state index is 2.32. The van der Waals surface area contributed by atoms with Crippen molar-refractivity contribution in [2.24, 2.45) is 0 Å². The Morgan fingerprint density at radius 2 is 1.53 bits per heavy atom. The Morgan fingerprint density at radius 3 is 2.12 bits per heavy atom. The zero-order chi connectivity index (χ0) is 11.9. The molecule has 0 amide bonds. The van der Waals surface area contributed by atoms with Gasteiger partial charge in [0.15, 0.2) is 0 Å². The summed E-state index contributed by atoms with van der Waals surface area (Å²) in [5, 5.41) is 0. The topological polar surface area (TPSA) is 0 Å². The van der Waals surface area contributed by atoms with E-state index in [4.69, 9.17) is 0 Å². The molecule has 17 heavy (non-hydrogen) atoms. The minimum absolute atomic E-state index is 0.232.